The maximum atomic E-state index is 11.9. The number of unbranched alkanes of at least 4 members (excludes halogenated alkanes) is 1. The predicted molar refractivity (Wildman–Crippen MR) is 82.6 cm³/mol. The van der Waals surface area contributed by atoms with Crippen molar-refractivity contribution in [2.45, 2.75) is 52.5 Å². The molecule has 0 aromatic heterocycles. The third-order valence-electron chi connectivity index (χ3n) is 3.74. The zero-order valence-corrected chi connectivity index (χ0v) is 12.9. The summed E-state index contributed by atoms with van der Waals surface area (Å²) in [7, 11) is 0. The predicted octanol–water partition coefficient (Wildman–Crippen LogP) is 2.70. The number of hydrogen-bond donors (Lipinski definition) is 2. The highest BCUT2D eigenvalue weighted by Gasteiger charge is 2.13. The van der Waals surface area contributed by atoms with Crippen LogP contribution in [0.2, 0.25) is 0 Å². The Hall–Kier alpha value is -1.35. The number of aryl methyl sites for hydroxylation is 1. The topological polar surface area (TPSA) is 49.3 Å². The van der Waals surface area contributed by atoms with Gasteiger partial charge in [-0.25, -0.2) is 0 Å². The number of carbonyl (C=O) groups excluding carboxylic acids is 1. The molecule has 0 aliphatic rings. The molecule has 0 aliphatic carbocycles. The van der Waals surface area contributed by atoms with Crippen molar-refractivity contribution < 1.29 is 9.90 Å². The summed E-state index contributed by atoms with van der Waals surface area (Å²) in [6.45, 7) is 6.13. The van der Waals surface area contributed by atoms with E-state index in [-0.39, 0.29) is 24.5 Å². The van der Waals surface area contributed by atoms with Gasteiger partial charge in [-0.1, -0.05) is 44.5 Å². The van der Waals surface area contributed by atoms with Crippen molar-refractivity contribution in [3.05, 3.63) is 35.4 Å². The number of nitrogens with one attached hydrogen (secondary N) is 1. The summed E-state index contributed by atoms with van der Waals surface area (Å²) in [5, 5.41) is 12.0. The number of amides is 1. The van der Waals surface area contributed by atoms with Gasteiger partial charge in [0.05, 0.1) is 6.42 Å². The summed E-state index contributed by atoms with van der Waals surface area (Å²) in [6, 6.07) is 8.28. The maximum absolute atomic E-state index is 11.9. The molecule has 2 N–H and O–H groups in total. The number of aliphatic hydroxyl groups is 1. The van der Waals surface area contributed by atoms with Crippen LogP contribution in [0.3, 0.4) is 0 Å². The SMILES string of the molecule is CCCCc1ccc(CC(=O)NC(C)C(C)CO)cc1. The molecule has 0 saturated carbocycles. The molecule has 0 fully saturated rings. The molecule has 0 spiro atoms. The summed E-state index contributed by atoms with van der Waals surface area (Å²) in [6.07, 6.45) is 3.91. The average Bonchev–Trinajstić information content (AvgIpc) is 2.45. The van der Waals surface area contributed by atoms with Crippen LogP contribution in [0.1, 0.15) is 44.7 Å². The smallest absolute Gasteiger partial charge is 0.224 e. The van der Waals surface area contributed by atoms with Crippen LogP contribution < -0.4 is 5.32 Å². The maximum Gasteiger partial charge on any atom is 0.224 e. The molecule has 112 valence electrons. The summed E-state index contributed by atoms with van der Waals surface area (Å²) in [5.74, 6) is 0.0921. The highest BCUT2D eigenvalue weighted by Crippen LogP contribution is 2.09. The van der Waals surface area contributed by atoms with E-state index in [1.54, 1.807) is 0 Å². The van der Waals surface area contributed by atoms with Gasteiger partial charge in [-0.2, -0.15) is 0 Å². The van der Waals surface area contributed by atoms with Crippen molar-refractivity contribution in [1.29, 1.82) is 0 Å². The lowest BCUT2D eigenvalue weighted by Crippen LogP contribution is -2.39. The molecule has 3 nitrogen and oxygen atoms in total. The fourth-order valence-corrected chi connectivity index (χ4v) is 2.00. The van der Waals surface area contributed by atoms with Crippen LogP contribution >= 0.6 is 0 Å². The highest BCUT2D eigenvalue weighted by molar-refractivity contribution is 5.78. The minimum Gasteiger partial charge on any atom is -0.396 e. The second kappa shape index (κ2) is 8.75. The number of rotatable bonds is 8. The van der Waals surface area contributed by atoms with E-state index in [0.717, 1.165) is 12.0 Å². The molecule has 1 aromatic carbocycles. The van der Waals surface area contributed by atoms with E-state index in [9.17, 15) is 4.79 Å². The molecule has 0 bridgehead atoms. The number of hydrogen-bond acceptors (Lipinski definition) is 2. The highest BCUT2D eigenvalue weighted by atomic mass is 16.3. The van der Waals surface area contributed by atoms with E-state index >= 15 is 0 Å². The largest absolute Gasteiger partial charge is 0.396 e. The Kier molecular flexibility index (Phi) is 7.31. The second-order valence-electron chi connectivity index (χ2n) is 5.61. The van der Waals surface area contributed by atoms with E-state index in [2.05, 4.69) is 24.4 Å². The van der Waals surface area contributed by atoms with Gasteiger partial charge in [-0.3, -0.25) is 4.79 Å². The Morgan fingerprint density at radius 1 is 1.20 bits per heavy atom. The quantitative estimate of drug-likeness (QED) is 0.767. The molecule has 1 amide bonds. The molecule has 1 aromatic rings. The number of carbonyl (C=O) groups is 1. The van der Waals surface area contributed by atoms with Gasteiger partial charge in [0.15, 0.2) is 0 Å². The van der Waals surface area contributed by atoms with Crippen LogP contribution in [0, 0.1) is 5.92 Å². The van der Waals surface area contributed by atoms with E-state index in [4.69, 9.17) is 5.11 Å². The summed E-state index contributed by atoms with van der Waals surface area (Å²) >= 11 is 0. The van der Waals surface area contributed by atoms with E-state index in [0.29, 0.717) is 6.42 Å². The third-order valence-corrected chi connectivity index (χ3v) is 3.74. The Balaban J connectivity index is 2.45. The third kappa shape index (κ3) is 5.74. The average molecular weight is 277 g/mol. The molecule has 20 heavy (non-hydrogen) atoms. The molecule has 3 heteroatoms. The molecular weight excluding hydrogens is 250 g/mol. The van der Waals surface area contributed by atoms with Gasteiger partial charge in [0.2, 0.25) is 5.91 Å². The van der Waals surface area contributed by atoms with Gasteiger partial charge in [0.1, 0.15) is 0 Å². The van der Waals surface area contributed by atoms with Crippen LogP contribution in [-0.4, -0.2) is 23.7 Å². The first-order chi connectivity index (χ1) is 9.56. The minimum absolute atomic E-state index is 0.00340. The van der Waals surface area contributed by atoms with Crippen LogP contribution in [0.15, 0.2) is 24.3 Å². The van der Waals surface area contributed by atoms with E-state index < -0.39 is 0 Å². The van der Waals surface area contributed by atoms with Crippen molar-refractivity contribution in [2.75, 3.05) is 6.61 Å². The minimum atomic E-state index is -0.00340. The number of aliphatic hydroxyl groups excluding tert-OH is 1. The fraction of sp³-hybridized carbons (Fsp3) is 0.588. The Morgan fingerprint density at radius 2 is 1.80 bits per heavy atom. The van der Waals surface area contributed by atoms with Gasteiger partial charge >= 0.3 is 0 Å². The first-order valence-corrected chi connectivity index (χ1v) is 7.54. The Labute approximate surface area is 122 Å². The van der Waals surface area contributed by atoms with Crippen molar-refractivity contribution in [2.24, 2.45) is 5.92 Å². The zero-order valence-electron chi connectivity index (χ0n) is 12.9. The van der Waals surface area contributed by atoms with Gasteiger partial charge in [-0.15, -0.1) is 0 Å². The summed E-state index contributed by atoms with van der Waals surface area (Å²) in [5.41, 5.74) is 2.37. The molecule has 0 aliphatic heterocycles. The van der Waals surface area contributed by atoms with E-state index in [1.165, 1.54) is 18.4 Å². The Bertz CT molecular complexity index is 400. The lowest BCUT2D eigenvalue weighted by atomic mass is 10.0. The fourth-order valence-electron chi connectivity index (χ4n) is 2.00. The summed E-state index contributed by atoms with van der Waals surface area (Å²) in [4.78, 5) is 11.9. The molecule has 0 saturated heterocycles. The molecule has 0 radical (unpaired) electrons. The van der Waals surface area contributed by atoms with Crippen molar-refractivity contribution >= 4 is 5.91 Å². The van der Waals surface area contributed by atoms with Crippen molar-refractivity contribution in [3.8, 4) is 0 Å². The van der Waals surface area contributed by atoms with Gasteiger partial charge in [0.25, 0.3) is 0 Å². The van der Waals surface area contributed by atoms with Crippen molar-refractivity contribution in [1.82, 2.24) is 5.32 Å². The van der Waals surface area contributed by atoms with Gasteiger partial charge in [0, 0.05) is 12.6 Å². The van der Waals surface area contributed by atoms with Crippen molar-refractivity contribution in [3.63, 3.8) is 0 Å². The normalized spacial score (nSPS) is 13.8. The monoisotopic (exact) mass is 277 g/mol. The molecule has 1 rings (SSSR count). The molecule has 2 atom stereocenters. The standard InChI is InChI=1S/C17H27NO2/c1-4-5-6-15-7-9-16(10-8-15)11-17(20)18-14(3)13(2)12-19/h7-10,13-14,19H,4-6,11-12H2,1-3H3,(H,18,20). The Morgan fingerprint density at radius 3 is 2.35 bits per heavy atom. The molecule has 2 unspecified atom stereocenters. The first kappa shape index (κ1) is 16.7. The van der Waals surface area contributed by atoms with Crippen LogP contribution in [0.5, 0.6) is 0 Å². The van der Waals surface area contributed by atoms with Crippen LogP contribution in [0.4, 0.5) is 0 Å². The summed E-state index contributed by atoms with van der Waals surface area (Å²) < 4.78 is 0. The molecule has 0 heterocycles. The van der Waals surface area contributed by atoms with Crippen LogP contribution in [0.25, 0.3) is 0 Å². The second-order valence-corrected chi connectivity index (χ2v) is 5.61. The van der Waals surface area contributed by atoms with Gasteiger partial charge in [-0.05, 0) is 36.8 Å². The van der Waals surface area contributed by atoms with Crippen LogP contribution in [-0.2, 0) is 17.6 Å². The van der Waals surface area contributed by atoms with Gasteiger partial charge < -0.3 is 10.4 Å². The lowest BCUT2D eigenvalue weighted by molar-refractivity contribution is -0.121. The molecular formula is C17H27NO2. The van der Waals surface area contributed by atoms with E-state index in [1.807, 2.05) is 26.0 Å². The first-order valence-electron chi connectivity index (χ1n) is 7.54. The lowest BCUT2D eigenvalue weighted by Gasteiger charge is -2.19. The zero-order chi connectivity index (χ0) is 15.0. The number of benzene rings is 1.